The fraction of sp³-hybridized carbons (Fsp3) is 0.278. The number of hydrogen-bond acceptors (Lipinski definition) is 4. The lowest BCUT2D eigenvalue weighted by atomic mass is 10.1. The Morgan fingerprint density at radius 3 is 2.58 bits per heavy atom. The van der Waals surface area contributed by atoms with Crippen LogP contribution >= 0.6 is 11.8 Å². The summed E-state index contributed by atoms with van der Waals surface area (Å²) in [6.45, 7) is 6.43. The van der Waals surface area contributed by atoms with Crippen molar-refractivity contribution in [3.8, 4) is 17.0 Å². The van der Waals surface area contributed by atoms with E-state index in [-0.39, 0.29) is 10.6 Å². The van der Waals surface area contributed by atoms with Crippen molar-refractivity contribution in [2.75, 3.05) is 12.8 Å². The fourth-order valence-electron chi connectivity index (χ4n) is 2.53. The van der Waals surface area contributed by atoms with Crippen LogP contribution in [0.3, 0.4) is 0 Å². The number of pyridine rings is 1. The number of benzene rings is 1. The molecule has 2 aromatic heterocycles. The van der Waals surface area contributed by atoms with Crippen LogP contribution in [0.15, 0.2) is 41.6 Å². The quantitative estimate of drug-likeness (QED) is 0.556. The van der Waals surface area contributed by atoms with Gasteiger partial charge in [0, 0.05) is 28.3 Å². The third-order valence-corrected chi connectivity index (χ3v) is 4.57. The summed E-state index contributed by atoms with van der Waals surface area (Å²) in [5.41, 5.74) is 8.38. The molecule has 0 amide bonds. The third-order valence-electron chi connectivity index (χ3n) is 3.43. The minimum atomic E-state index is -0.363. The number of thioether (sulfide) groups is 1. The van der Waals surface area contributed by atoms with Crippen LogP contribution < -0.4 is 10.5 Å². The number of nitrogens with two attached hydrogens (primary N) is 1. The maximum absolute atomic E-state index is 13.7. The molecule has 2 N–H and O–H groups in total. The predicted molar refractivity (Wildman–Crippen MR) is 97.2 cm³/mol. The number of nitrogens with zero attached hydrogens (tertiary/aromatic N) is 2. The number of anilines is 1. The molecule has 0 aliphatic heterocycles. The second-order valence-electron chi connectivity index (χ2n) is 6.57. The summed E-state index contributed by atoms with van der Waals surface area (Å²) in [6, 6.07) is 6.39. The summed E-state index contributed by atoms with van der Waals surface area (Å²) in [4.78, 5) is 5.41. The summed E-state index contributed by atoms with van der Waals surface area (Å²) >= 11 is 1.71. The summed E-state index contributed by atoms with van der Waals surface area (Å²) in [6.07, 6.45) is 3.70. The first-order valence-electron chi connectivity index (χ1n) is 7.57. The van der Waals surface area contributed by atoms with Crippen LogP contribution in [-0.2, 0) is 0 Å². The normalized spacial score (nSPS) is 11.9. The standard InChI is InChI=1S/C18H20FN3OS/c1-18(2,3)24-16-10-22-14(9-21-17(22)8-15(16)23-4)11-5-12(19)7-13(20)6-11/h5-10H,20H2,1-4H3. The number of aromatic nitrogens is 2. The van der Waals surface area contributed by atoms with Gasteiger partial charge in [0.15, 0.2) is 0 Å². The number of rotatable bonds is 3. The first-order chi connectivity index (χ1) is 11.3. The second-order valence-corrected chi connectivity index (χ2v) is 8.43. The minimum Gasteiger partial charge on any atom is -0.495 e. The summed E-state index contributed by atoms with van der Waals surface area (Å²) in [5, 5.41) is 0. The van der Waals surface area contributed by atoms with Crippen LogP contribution in [0.25, 0.3) is 16.9 Å². The van der Waals surface area contributed by atoms with Gasteiger partial charge in [-0.1, -0.05) is 20.8 Å². The molecule has 2 heterocycles. The van der Waals surface area contributed by atoms with Crippen LogP contribution in [0.2, 0.25) is 0 Å². The van der Waals surface area contributed by atoms with Gasteiger partial charge in [-0.15, -0.1) is 11.8 Å². The molecule has 0 atom stereocenters. The van der Waals surface area contributed by atoms with E-state index in [0.717, 1.165) is 22.0 Å². The van der Waals surface area contributed by atoms with Gasteiger partial charge in [0.05, 0.1) is 23.9 Å². The number of hydrogen-bond donors (Lipinski definition) is 1. The van der Waals surface area contributed by atoms with E-state index in [9.17, 15) is 4.39 Å². The number of nitrogen functional groups attached to an aromatic ring is 1. The van der Waals surface area contributed by atoms with E-state index in [1.807, 2.05) is 16.7 Å². The van der Waals surface area contributed by atoms with E-state index in [2.05, 4.69) is 25.8 Å². The van der Waals surface area contributed by atoms with Crippen molar-refractivity contribution in [1.29, 1.82) is 0 Å². The van der Waals surface area contributed by atoms with Crippen molar-refractivity contribution in [2.45, 2.75) is 30.4 Å². The first kappa shape index (κ1) is 16.6. The van der Waals surface area contributed by atoms with Gasteiger partial charge in [-0.2, -0.15) is 0 Å². The van der Waals surface area contributed by atoms with E-state index < -0.39 is 0 Å². The van der Waals surface area contributed by atoms with Crippen molar-refractivity contribution < 1.29 is 9.13 Å². The number of fused-ring (bicyclic) bond motifs is 1. The minimum absolute atomic E-state index is 0.0327. The Morgan fingerprint density at radius 2 is 1.96 bits per heavy atom. The number of halogens is 1. The Labute approximate surface area is 144 Å². The fourth-order valence-corrected chi connectivity index (χ4v) is 3.59. The van der Waals surface area contributed by atoms with Crippen LogP contribution in [0, 0.1) is 5.82 Å². The van der Waals surface area contributed by atoms with Gasteiger partial charge in [-0.25, -0.2) is 9.37 Å². The predicted octanol–water partition coefficient (Wildman–Crippen LogP) is 4.62. The molecule has 0 aliphatic rings. The van der Waals surface area contributed by atoms with Gasteiger partial charge >= 0.3 is 0 Å². The molecule has 126 valence electrons. The van der Waals surface area contributed by atoms with Gasteiger partial charge in [-0.3, -0.25) is 4.40 Å². The zero-order valence-electron chi connectivity index (χ0n) is 14.1. The Morgan fingerprint density at radius 1 is 1.21 bits per heavy atom. The van der Waals surface area contributed by atoms with Crippen LogP contribution in [0.5, 0.6) is 5.75 Å². The highest BCUT2D eigenvalue weighted by atomic mass is 32.2. The lowest BCUT2D eigenvalue weighted by Gasteiger charge is -2.19. The molecule has 0 radical (unpaired) electrons. The van der Waals surface area contributed by atoms with E-state index in [1.54, 1.807) is 31.1 Å². The van der Waals surface area contributed by atoms with Gasteiger partial charge in [0.2, 0.25) is 0 Å². The maximum atomic E-state index is 13.7. The molecule has 0 unspecified atom stereocenters. The smallest absolute Gasteiger partial charge is 0.140 e. The zero-order valence-corrected chi connectivity index (χ0v) is 14.9. The molecule has 3 rings (SSSR count). The SMILES string of the molecule is COc1cc2ncc(-c3cc(N)cc(F)c3)n2cc1SC(C)(C)C. The second kappa shape index (κ2) is 6.02. The molecule has 6 heteroatoms. The van der Waals surface area contributed by atoms with Crippen molar-refractivity contribution in [3.05, 3.63) is 42.5 Å². The van der Waals surface area contributed by atoms with Gasteiger partial charge in [0.25, 0.3) is 0 Å². The van der Waals surface area contributed by atoms with Gasteiger partial charge in [0.1, 0.15) is 17.2 Å². The Balaban J connectivity index is 2.19. The third kappa shape index (κ3) is 3.33. The van der Waals surface area contributed by atoms with Crippen molar-refractivity contribution in [3.63, 3.8) is 0 Å². The highest BCUT2D eigenvalue weighted by molar-refractivity contribution is 8.00. The average molecular weight is 345 g/mol. The molecule has 0 saturated heterocycles. The van der Waals surface area contributed by atoms with Gasteiger partial charge < -0.3 is 10.5 Å². The van der Waals surface area contributed by atoms with Crippen LogP contribution in [0.1, 0.15) is 20.8 Å². The lowest BCUT2D eigenvalue weighted by Crippen LogP contribution is -2.07. The molecule has 3 aromatic rings. The van der Waals surface area contributed by atoms with Crippen molar-refractivity contribution in [2.24, 2.45) is 0 Å². The molecule has 0 saturated carbocycles. The molecular formula is C18H20FN3OS. The Hall–Kier alpha value is -2.21. The van der Waals surface area contributed by atoms with E-state index >= 15 is 0 Å². The molecule has 24 heavy (non-hydrogen) atoms. The Kier molecular flexibility index (Phi) is 4.17. The van der Waals surface area contributed by atoms with Gasteiger partial charge in [-0.05, 0) is 18.2 Å². The van der Waals surface area contributed by atoms with Crippen molar-refractivity contribution >= 4 is 23.1 Å². The number of methoxy groups -OCH3 is 1. The molecular weight excluding hydrogens is 325 g/mol. The summed E-state index contributed by atoms with van der Waals surface area (Å²) in [5.74, 6) is 0.413. The molecule has 4 nitrogen and oxygen atoms in total. The van der Waals surface area contributed by atoms with E-state index in [4.69, 9.17) is 10.5 Å². The van der Waals surface area contributed by atoms with E-state index in [1.165, 1.54) is 12.1 Å². The monoisotopic (exact) mass is 345 g/mol. The van der Waals surface area contributed by atoms with Crippen molar-refractivity contribution in [1.82, 2.24) is 9.38 Å². The number of ether oxygens (including phenoxy) is 1. The summed E-state index contributed by atoms with van der Waals surface area (Å²) < 4.78 is 21.2. The lowest BCUT2D eigenvalue weighted by molar-refractivity contribution is 0.404. The molecule has 0 aliphatic carbocycles. The highest BCUT2D eigenvalue weighted by Crippen LogP contribution is 2.39. The highest BCUT2D eigenvalue weighted by Gasteiger charge is 2.18. The average Bonchev–Trinajstić information content (AvgIpc) is 2.86. The molecule has 0 bridgehead atoms. The number of imidazole rings is 1. The topological polar surface area (TPSA) is 52.5 Å². The van der Waals surface area contributed by atoms with E-state index in [0.29, 0.717) is 11.3 Å². The largest absolute Gasteiger partial charge is 0.495 e. The molecule has 0 spiro atoms. The molecule has 0 fully saturated rings. The maximum Gasteiger partial charge on any atom is 0.140 e. The van der Waals surface area contributed by atoms with Crippen LogP contribution in [-0.4, -0.2) is 21.2 Å². The summed E-state index contributed by atoms with van der Waals surface area (Å²) in [7, 11) is 1.65. The molecule has 1 aromatic carbocycles. The van der Waals surface area contributed by atoms with Crippen LogP contribution in [0.4, 0.5) is 10.1 Å². The zero-order chi connectivity index (χ0) is 17.5. The Bertz CT molecular complexity index is 879. The first-order valence-corrected chi connectivity index (χ1v) is 8.39.